The van der Waals surface area contributed by atoms with Crippen molar-refractivity contribution in [3.8, 4) is 11.5 Å². The van der Waals surface area contributed by atoms with Gasteiger partial charge in [-0.1, -0.05) is 18.2 Å². The van der Waals surface area contributed by atoms with Gasteiger partial charge in [-0.2, -0.15) is 0 Å². The second kappa shape index (κ2) is 7.82. The van der Waals surface area contributed by atoms with Crippen LogP contribution in [0.3, 0.4) is 0 Å². The molecule has 0 unspecified atom stereocenters. The van der Waals surface area contributed by atoms with Gasteiger partial charge in [0.2, 0.25) is 5.89 Å². The molecule has 0 saturated heterocycles. The van der Waals surface area contributed by atoms with E-state index in [1.165, 1.54) is 31.2 Å². The standard InChI is InChI=1S/C20H17FN2O4/c1-12-17(23-19(26-12)14-6-4-3-5-7-14)20(25)27-13(2)18(24)22-16-10-8-15(21)9-11-16/h3-11,13H,1-2H3,(H,22,24)/t13-/m0/s1. The summed E-state index contributed by atoms with van der Waals surface area (Å²) in [5.74, 6) is -1.13. The van der Waals surface area contributed by atoms with E-state index in [1.54, 1.807) is 19.1 Å². The summed E-state index contributed by atoms with van der Waals surface area (Å²) in [6.07, 6.45) is -1.07. The van der Waals surface area contributed by atoms with Crippen molar-refractivity contribution in [3.05, 3.63) is 71.9 Å². The van der Waals surface area contributed by atoms with E-state index in [2.05, 4.69) is 10.3 Å². The van der Waals surface area contributed by atoms with Gasteiger partial charge in [-0.25, -0.2) is 14.2 Å². The Morgan fingerprint density at radius 1 is 1.11 bits per heavy atom. The zero-order valence-corrected chi connectivity index (χ0v) is 14.7. The first-order valence-electron chi connectivity index (χ1n) is 8.24. The molecule has 0 aliphatic rings. The quantitative estimate of drug-likeness (QED) is 0.689. The number of rotatable bonds is 5. The Kier molecular flexibility index (Phi) is 5.30. The third kappa shape index (κ3) is 4.38. The van der Waals surface area contributed by atoms with Crippen LogP contribution < -0.4 is 5.32 Å². The lowest BCUT2D eigenvalue weighted by molar-refractivity contribution is -0.123. The number of esters is 1. The summed E-state index contributed by atoms with van der Waals surface area (Å²) >= 11 is 0. The molecular weight excluding hydrogens is 351 g/mol. The van der Waals surface area contributed by atoms with Gasteiger partial charge < -0.3 is 14.5 Å². The Bertz CT molecular complexity index is 952. The lowest BCUT2D eigenvalue weighted by Crippen LogP contribution is -2.30. The number of aromatic nitrogens is 1. The van der Waals surface area contributed by atoms with E-state index >= 15 is 0 Å². The van der Waals surface area contributed by atoms with Crippen molar-refractivity contribution in [1.29, 1.82) is 0 Å². The van der Waals surface area contributed by atoms with Gasteiger partial charge in [0.05, 0.1) is 0 Å². The first-order chi connectivity index (χ1) is 12.9. The van der Waals surface area contributed by atoms with Crippen LogP contribution in [0.5, 0.6) is 0 Å². The van der Waals surface area contributed by atoms with Crippen LogP contribution in [-0.2, 0) is 9.53 Å². The fourth-order valence-corrected chi connectivity index (χ4v) is 2.34. The van der Waals surface area contributed by atoms with E-state index < -0.39 is 23.8 Å². The fraction of sp³-hybridized carbons (Fsp3) is 0.150. The van der Waals surface area contributed by atoms with E-state index in [1.807, 2.05) is 18.2 Å². The molecule has 6 nitrogen and oxygen atoms in total. The normalized spacial score (nSPS) is 11.7. The molecule has 1 N–H and O–H groups in total. The molecule has 1 atom stereocenters. The molecule has 0 fully saturated rings. The minimum absolute atomic E-state index is 0.00952. The summed E-state index contributed by atoms with van der Waals surface area (Å²) in [6, 6.07) is 14.4. The van der Waals surface area contributed by atoms with E-state index in [9.17, 15) is 14.0 Å². The third-order valence-electron chi connectivity index (χ3n) is 3.78. The summed E-state index contributed by atoms with van der Waals surface area (Å²) in [5, 5.41) is 2.54. The second-order valence-corrected chi connectivity index (χ2v) is 5.83. The predicted molar refractivity (Wildman–Crippen MR) is 96.6 cm³/mol. The van der Waals surface area contributed by atoms with Gasteiger partial charge in [0, 0.05) is 11.3 Å². The summed E-state index contributed by atoms with van der Waals surface area (Å²) < 4.78 is 23.6. The number of benzene rings is 2. The molecule has 0 saturated carbocycles. The van der Waals surface area contributed by atoms with Gasteiger partial charge in [-0.05, 0) is 50.2 Å². The number of hydrogen-bond donors (Lipinski definition) is 1. The van der Waals surface area contributed by atoms with Crippen LogP contribution in [0.15, 0.2) is 59.0 Å². The number of carbonyl (C=O) groups excluding carboxylic acids is 2. The number of carbonyl (C=O) groups is 2. The van der Waals surface area contributed by atoms with Crippen molar-refractivity contribution in [2.24, 2.45) is 0 Å². The Morgan fingerprint density at radius 2 is 1.78 bits per heavy atom. The number of ether oxygens (including phenoxy) is 1. The van der Waals surface area contributed by atoms with Crippen molar-refractivity contribution in [2.75, 3.05) is 5.32 Å². The molecule has 27 heavy (non-hydrogen) atoms. The lowest BCUT2D eigenvalue weighted by atomic mass is 10.2. The van der Waals surface area contributed by atoms with Gasteiger partial charge in [-0.3, -0.25) is 4.79 Å². The Morgan fingerprint density at radius 3 is 2.44 bits per heavy atom. The molecule has 3 aromatic rings. The predicted octanol–water partition coefficient (Wildman–Crippen LogP) is 3.97. The molecule has 1 heterocycles. The number of anilines is 1. The molecule has 0 aliphatic carbocycles. The molecule has 7 heteroatoms. The van der Waals surface area contributed by atoms with Crippen molar-refractivity contribution in [3.63, 3.8) is 0 Å². The van der Waals surface area contributed by atoms with Crippen LogP contribution in [0, 0.1) is 12.7 Å². The van der Waals surface area contributed by atoms with Gasteiger partial charge in [0.1, 0.15) is 11.6 Å². The highest BCUT2D eigenvalue weighted by Crippen LogP contribution is 2.22. The van der Waals surface area contributed by atoms with Crippen molar-refractivity contribution >= 4 is 17.6 Å². The van der Waals surface area contributed by atoms with Gasteiger partial charge >= 0.3 is 5.97 Å². The number of nitrogens with one attached hydrogen (secondary N) is 1. The molecule has 0 aliphatic heterocycles. The van der Waals surface area contributed by atoms with Crippen LogP contribution in [0.25, 0.3) is 11.5 Å². The van der Waals surface area contributed by atoms with Crippen molar-refractivity contribution in [2.45, 2.75) is 20.0 Å². The molecule has 0 radical (unpaired) electrons. The van der Waals surface area contributed by atoms with Crippen LogP contribution >= 0.6 is 0 Å². The van der Waals surface area contributed by atoms with Crippen molar-refractivity contribution < 1.29 is 23.1 Å². The number of hydrogen-bond acceptors (Lipinski definition) is 5. The highest BCUT2D eigenvalue weighted by atomic mass is 19.1. The fourth-order valence-electron chi connectivity index (χ4n) is 2.34. The van der Waals surface area contributed by atoms with E-state index in [-0.39, 0.29) is 5.69 Å². The highest BCUT2D eigenvalue weighted by Gasteiger charge is 2.24. The average Bonchev–Trinajstić information content (AvgIpc) is 3.06. The number of halogens is 1. The van der Waals surface area contributed by atoms with Gasteiger partial charge in [-0.15, -0.1) is 0 Å². The average molecular weight is 368 g/mol. The maximum atomic E-state index is 12.9. The number of aryl methyl sites for hydroxylation is 1. The highest BCUT2D eigenvalue weighted by molar-refractivity contribution is 5.97. The van der Waals surface area contributed by atoms with Crippen LogP contribution in [0.2, 0.25) is 0 Å². The Balaban J connectivity index is 1.67. The second-order valence-electron chi connectivity index (χ2n) is 5.83. The zero-order chi connectivity index (χ0) is 19.4. The Labute approximate surface area is 155 Å². The monoisotopic (exact) mass is 368 g/mol. The number of oxazole rings is 1. The minimum Gasteiger partial charge on any atom is -0.448 e. The maximum Gasteiger partial charge on any atom is 0.361 e. The summed E-state index contributed by atoms with van der Waals surface area (Å²) in [6.45, 7) is 3.03. The minimum atomic E-state index is -1.07. The summed E-state index contributed by atoms with van der Waals surface area (Å²) in [5.41, 5.74) is 1.13. The molecule has 138 valence electrons. The van der Waals surface area contributed by atoms with E-state index in [4.69, 9.17) is 9.15 Å². The summed E-state index contributed by atoms with van der Waals surface area (Å²) in [7, 11) is 0. The third-order valence-corrected chi connectivity index (χ3v) is 3.78. The molecule has 0 bridgehead atoms. The Hall–Kier alpha value is -3.48. The van der Waals surface area contributed by atoms with Gasteiger partial charge in [0.15, 0.2) is 11.8 Å². The van der Waals surface area contributed by atoms with Crippen LogP contribution in [0.1, 0.15) is 23.2 Å². The largest absolute Gasteiger partial charge is 0.448 e. The topological polar surface area (TPSA) is 81.4 Å². The van der Waals surface area contributed by atoms with Crippen molar-refractivity contribution in [1.82, 2.24) is 4.98 Å². The SMILES string of the molecule is Cc1oc(-c2ccccc2)nc1C(=O)O[C@@H](C)C(=O)Nc1ccc(F)cc1. The molecule has 0 spiro atoms. The summed E-state index contributed by atoms with van der Waals surface area (Å²) in [4.78, 5) is 28.7. The molecule has 1 aromatic heterocycles. The van der Waals surface area contributed by atoms with Crippen LogP contribution in [-0.4, -0.2) is 23.0 Å². The van der Waals surface area contributed by atoms with E-state index in [0.717, 1.165) is 5.56 Å². The molecule has 2 aromatic carbocycles. The van der Waals surface area contributed by atoms with E-state index in [0.29, 0.717) is 17.3 Å². The number of amides is 1. The van der Waals surface area contributed by atoms with Crippen LogP contribution in [0.4, 0.5) is 10.1 Å². The maximum absolute atomic E-state index is 12.9. The first-order valence-corrected chi connectivity index (χ1v) is 8.24. The molecule has 1 amide bonds. The zero-order valence-electron chi connectivity index (χ0n) is 14.7. The smallest absolute Gasteiger partial charge is 0.361 e. The first kappa shape index (κ1) is 18.3. The molecule has 3 rings (SSSR count). The molecular formula is C20H17FN2O4. The van der Waals surface area contributed by atoms with Gasteiger partial charge in [0.25, 0.3) is 5.91 Å². The lowest BCUT2D eigenvalue weighted by Gasteiger charge is -2.12. The number of nitrogens with zero attached hydrogens (tertiary/aromatic N) is 1.